The van der Waals surface area contributed by atoms with Gasteiger partial charge in [0.25, 0.3) is 0 Å². The van der Waals surface area contributed by atoms with Gasteiger partial charge in [-0.15, -0.1) is 0 Å². The van der Waals surface area contributed by atoms with Crippen LogP contribution >= 0.6 is 0 Å². The molecule has 5 aromatic carbocycles. The fourth-order valence-corrected chi connectivity index (χ4v) is 6.83. The molecule has 0 amide bonds. The minimum Gasteiger partial charge on any atom is -0.507 e. The first-order chi connectivity index (χ1) is 23.3. The Bertz CT molecular complexity index is 2330. The minimum absolute atomic E-state index is 0.0203. The molecule has 7 aromatic rings. The highest BCUT2D eigenvalue weighted by atomic mass is 16.3. The zero-order valence-electron chi connectivity index (χ0n) is 29.8. The minimum atomic E-state index is -0.0203. The van der Waals surface area contributed by atoms with Gasteiger partial charge in [-0.05, 0) is 99.2 Å². The number of fused-ring (bicyclic) bond motifs is 2. The topological polar surface area (TPSA) is 50.9 Å². The van der Waals surface area contributed by atoms with Crippen molar-refractivity contribution in [1.29, 1.82) is 0 Å². The van der Waals surface area contributed by atoms with Crippen molar-refractivity contribution in [3.63, 3.8) is 0 Å². The number of benzene rings is 5. The van der Waals surface area contributed by atoms with E-state index in [-0.39, 0.29) is 16.6 Å². The lowest BCUT2D eigenvalue weighted by molar-refractivity contribution is 0.477. The van der Waals surface area contributed by atoms with Gasteiger partial charge in [-0.1, -0.05) is 110 Å². The number of phenols is 1. The molecule has 49 heavy (non-hydrogen) atoms. The molecule has 0 fully saturated rings. The van der Waals surface area contributed by atoms with Crippen LogP contribution in [-0.2, 0) is 10.8 Å². The molecule has 0 aliphatic heterocycles. The van der Waals surface area contributed by atoms with Crippen molar-refractivity contribution < 1.29 is 5.11 Å². The number of para-hydroxylation sites is 2. The molecule has 2 heterocycles. The van der Waals surface area contributed by atoms with E-state index in [1.54, 1.807) is 6.07 Å². The lowest BCUT2D eigenvalue weighted by Gasteiger charge is -2.23. The van der Waals surface area contributed by atoms with Crippen molar-refractivity contribution in [2.45, 2.75) is 72.1 Å². The Kier molecular flexibility index (Phi) is 7.94. The molecule has 7 rings (SSSR count). The van der Waals surface area contributed by atoms with Crippen LogP contribution in [-0.4, -0.2) is 19.6 Å². The van der Waals surface area contributed by atoms with Gasteiger partial charge in [0.05, 0.1) is 22.1 Å². The molecule has 0 saturated heterocycles. The zero-order chi connectivity index (χ0) is 34.7. The second kappa shape index (κ2) is 12.0. The van der Waals surface area contributed by atoms with Crippen molar-refractivity contribution in [3.05, 3.63) is 132 Å². The van der Waals surface area contributed by atoms with Crippen molar-refractivity contribution in [2.75, 3.05) is 0 Å². The molecular formula is C45H45N3O. The van der Waals surface area contributed by atoms with E-state index >= 15 is 0 Å². The largest absolute Gasteiger partial charge is 0.507 e. The third kappa shape index (κ3) is 5.90. The molecule has 4 nitrogen and oxygen atoms in total. The van der Waals surface area contributed by atoms with E-state index in [9.17, 15) is 5.11 Å². The van der Waals surface area contributed by atoms with Crippen LogP contribution < -0.4 is 0 Å². The number of hydrogen-bond donors (Lipinski definition) is 1. The van der Waals surface area contributed by atoms with Crippen LogP contribution in [0.1, 0.15) is 78.0 Å². The molecule has 0 aliphatic rings. The van der Waals surface area contributed by atoms with Gasteiger partial charge >= 0.3 is 0 Å². The number of imidazole rings is 1. The number of phenolic OH excluding ortho intramolecular Hbond substituents is 1. The van der Waals surface area contributed by atoms with Crippen molar-refractivity contribution in [2.24, 2.45) is 0 Å². The van der Waals surface area contributed by atoms with Crippen LogP contribution in [0, 0.1) is 0 Å². The quantitative estimate of drug-likeness (QED) is 0.203. The SMILES string of the molecule is CC(C)c1ccnc2c(-c3cccc(-c4cccc5c4nc(-c4ccccc4O)n5-c4ccc(C(C)(C)C)cc4)c3)cc(C(C)(C)C)cc12. The summed E-state index contributed by atoms with van der Waals surface area (Å²) in [5.74, 6) is 1.29. The summed E-state index contributed by atoms with van der Waals surface area (Å²) in [5, 5.41) is 12.2. The van der Waals surface area contributed by atoms with Crippen LogP contribution in [0.4, 0.5) is 0 Å². The molecule has 0 spiro atoms. The number of nitrogens with zero attached hydrogens (tertiary/aromatic N) is 3. The van der Waals surface area contributed by atoms with Gasteiger partial charge in [-0.25, -0.2) is 4.98 Å². The van der Waals surface area contributed by atoms with Gasteiger partial charge in [-0.2, -0.15) is 0 Å². The maximum absolute atomic E-state index is 11.0. The summed E-state index contributed by atoms with van der Waals surface area (Å²) in [6.07, 6.45) is 1.95. The molecule has 0 aliphatic carbocycles. The zero-order valence-corrected chi connectivity index (χ0v) is 29.8. The monoisotopic (exact) mass is 643 g/mol. The van der Waals surface area contributed by atoms with Crippen molar-refractivity contribution in [1.82, 2.24) is 14.5 Å². The van der Waals surface area contributed by atoms with E-state index in [0.717, 1.165) is 44.5 Å². The van der Waals surface area contributed by atoms with E-state index in [4.69, 9.17) is 9.97 Å². The Balaban J connectivity index is 1.45. The van der Waals surface area contributed by atoms with Gasteiger partial charge in [0, 0.05) is 28.4 Å². The lowest BCUT2D eigenvalue weighted by Crippen LogP contribution is -2.11. The normalized spacial score (nSPS) is 12.3. The van der Waals surface area contributed by atoms with Crippen LogP contribution in [0.2, 0.25) is 0 Å². The first-order valence-corrected chi connectivity index (χ1v) is 17.3. The van der Waals surface area contributed by atoms with Gasteiger partial charge in [0.1, 0.15) is 11.6 Å². The van der Waals surface area contributed by atoms with Crippen molar-refractivity contribution >= 4 is 21.9 Å². The third-order valence-corrected chi connectivity index (χ3v) is 9.67. The molecule has 0 unspecified atom stereocenters. The van der Waals surface area contributed by atoms with Crippen LogP contribution in [0.15, 0.2) is 115 Å². The fourth-order valence-electron chi connectivity index (χ4n) is 6.83. The smallest absolute Gasteiger partial charge is 0.149 e. The van der Waals surface area contributed by atoms with E-state index in [1.165, 1.54) is 22.1 Å². The second-order valence-electron chi connectivity index (χ2n) is 15.6. The van der Waals surface area contributed by atoms with Gasteiger partial charge < -0.3 is 5.11 Å². The standard InChI is InChI=1S/C45H45N3O/c1-28(2)34-23-24-46-41-37(26-32(27-38(34)41)45(6,7)8)30-14-11-13-29(25-30)35-16-12-17-39-42(35)47-43(36-15-9-10-18-40(36)49)48(39)33-21-19-31(20-22-33)44(3,4)5/h9-28,49H,1-8H3. The molecule has 0 radical (unpaired) electrons. The summed E-state index contributed by atoms with van der Waals surface area (Å²) < 4.78 is 2.17. The highest BCUT2D eigenvalue weighted by molar-refractivity contribution is 5.99. The Morgan fingerprint density at radius 2 is 1.27 bits per heavy atom. The maximum atomic E-state index is 11.0. The van der Waals surface area contributed by atoms with E-state index in [0.29, 0.717) is 17.3 Å². The summed E-state index contributed by atoms with van der Waals surface area (Å²) in [5.41, 5.74) is 12.8. The lowest BCUT2D eigenvalue weighted by atomic mass is 9.82. The number of pyridine rings is 1. The number of hydrogen-bond acceptors (Lipinski definition) is 3. The Morgan fingerprint density at radius 3 is 1.94 bits per heavy atom. The van der Waals surface area contributed by atoms with Gasteiger partial charge in [0.15, 0.2) is 0 Å². The van der Waals surface area contributed by atoms with Gasteiger partial charge in [0.2, 0.25) is 0 Å². The first kappa shape index (κ1) is 32.3. The number of aromatic nitrogens is 3. The van der Waals surface area contributed by atoms with Crippen molar-refractivity contribution in [3.8, 4) is 45.1 Å². The summed E-state index contributed by atoms with van der Waals surface area (Å²) in [7, 11) is 0. The van der Waals surface area contributed by atoms with E-state index < -0.39 is 0 Å². The molecule has 1 N–H and O–H groups in total. The van der Waals surface area contributed by atoms with Crippen LogP contribution in [0.5, 0.6) is 5.75 Å². The molecule has 0 saturated carbocycles. The predicted molar refractivity (Wildman–Crippen MR) is 206 cm³/mol. The average Bonchev–Trinajstić information content (AvgIpc) is 3.46. The summed E-state index contributed by atoms with van der Waals surface area (Å²) in [6, 6.07) is 38.1. The van der Waals surface area contributed by atoms with Gasteiger partial charge in [-0.3, -0.25) is 9.55 Å². The Labute approximate surface area is 290 Å². The third-order valence-electron chi connectivity index (χ3n) is 9.67. The van der Waals surface area contributed by atoms with E-state index in [2.05, 4.69) is 145 Å². The summed E-state index contributed by atoms with van der Waals surface area (Å²) >= 11 is 0. The average molecular weight is 644 g/mol. The first-order valence-electron chi connectivity index (χ1n) is 17.3. The molecule has 246 valence electrons. The highest BCUT2D eigenvalue weighted by Gasteiger charge is 2.22. The molecule has 2 aromatic heterocycles. The molecule has 0 atom stereocenters. The molecular weight excluding hydrogens is 599 g/mol. The second-order valence-corrected chi connectivity index (χ2v) is 15.6. The molecule has 4 heteroatoms. The molecule has 0 bridgehead atoms. The number of aromatic hydroxyl groups is 1. The van der Waals surface area contributed by atoms with E-state index in [1.807, 2.05) is 24.4 Å². The maximum Gasteiger partial charge on any atom is 0.149 e. The Hall–Kier alpha value is -5.22. The highest BCUT2D eigenvalue weighted by Crippen LogP contribution is 2.41. The van der Waals surface area contributed by atoms with Crippen LogP contribution in [0.25, 0.3) is 61.3 Å². The van der Waals surface area contributed by atoms with Crippen LogP contribution in [0.3, 0.4) is 0 Å². The Morgan fingerprint density at radius 1 is 0.612 bits per heavy atom. The fraction of sp³-hybridized carbons (Fsp3) is 0.244. The summed E-state index contributed by atoms with van der Waals surface area (Å²) in [6.45, 7) is 18.0. The predicted octanol–water partition coefficient (Wildman–Crippen LogP) is 12.0. The summed E-state index contributed by atoms with van der Waals surface area (Å²) in [4.78, 5) is 10.2. The number of rotatable bonds is 5.